The molecule has 4 nitrogen and oxygen atoms in total. The highest BCUT2D eigenvalue weighted by atomic mass is 79.9. The minimum absolute atomic E-state index is 0.0998. The molecule has 0 aliphatic heterocycles. The Bertz CT molecular complexity index is 858. The Kier molecular flexibility index (Phi) is 4.81. The number of nitrogens with zero attached hydrogens (tertiary/aromatic N) is 2. The Morgan fingerprint density at radius 2 is 1.88 bits per heavy atom. The van der Waals surface area contributed by atoms with Gasteiger partial charge < -0.3 is 5.32 Å². The first-order valence-corrected chi connectivity index (χ1v) is 8.52. The lowest BCUT2D eigenvalue weighted by Gasteiger charge is -2.13. The Morgan fingerprint density at radius 3 is 2.58 bits per heavy atom. The number of carbonyl (C=O) groups excluding carboxylic acids is 1. The van der Waals surface area contributed by atoms with E-state index in [0.29, 0.717) is 5.69 Å². The first-order chi connectivity index (χ1) is 11.5. The lowest BCUT2D eigenvalue weighted by atomic mass is 10.1. The van der Waals surface area contributed by atoms with Gasteiger partial charge in [0.15, 0.2) is 5.69 Å². The molecule has 2 aromatic carbocycles. The van der Waals surface area contributed by atoms with Crippen LogP contribution in [0.25, 0.3) is 5.69 Å². The predicted octanol–water partition coefficient (Wildman–Crippen LogP) is 4.43. The van der Waals surface area contributed by atoms with E-state index in [0.717, 1.165) is 21.4 Å². The molecule has 5 heteroatoms. The van der Waals surface area contributed by atoms with E-state index in [9.17, 15) is 4.79 Å². The van der Waals surface area contributed by atoms with E-state index in [4.69, 9.17) is 0 Å². The van der Waals surface area contributed by atoms with Crippen LogP contribution in [0.15, 0.2) is 65.1 Å². The van der Waals surface area contributed by atoms with Crippen molar-refractivity contribution in [2.75, 3.05) is 0 Å². The third-order valence-electron chi connectivity index (χ3n) is 3.82. The van der Waals surface area contributed by atoms with Gasteiger partial charge in [0.2, 0.25) is 0 Å². The molecular weight excluding hydrogens is 366 g/mol. The van der Waals surface area contributed by atoms with E-state index in [2.05, 4.69) is 26.3 Å². The molecule has 3 aromatic rings. The SMILES string of the molecule is Cc1cc(C(=O)NC(C)c2cccc(Br)c2)nn1-c1ccccc1. The molecule has 1 amide bonds. The Balaban J connectivity index is 1.79. The maximum absolute atomic E-state index is 12.5. The number of hydrogen-bond acceptors (Lipinski definition) is 2. The van der Waals surface area contributed by atoms with E-state index >= 15 is 0 Å². The number of rotatable bonds is 4. The van der Waals surface area contributed by atoms with Gasteiger partial charge in [0.25, 0.3) is 5.91 Å². The van der Waals surface area contributed by atoms with E-state index in [1.54, 1.807) is 10.7 Å². The van der Waals surface area contributed by atoms with E-state index in [1.807, 2.05) is 68.4 Å². The fraction of sp³-hybridized carbons (Fsp3) is 0.158. The Labute approximate surface area is 149 Å². The average molecular weight is 384 g/mol. The minimum atomic E-state index is -0.180. The number of amides is 1. The highest BCUT2D eigenvalue weighted by Crippen LogP contribution is 2.18. The van der Waals surface area contributed by atoms with Crippen LogP contribution < -0.4 is 5.32 Å². The van der Waals surface area contributed by atoms with Crippen LogP contribution in [0.4, 0.5) is 0 Å². The summed E-state index contributed by atoms with van der Waals surface area (Å²) >= 11 is 3.45. The van der Waals surface area contributed by atoms with Crippen molar-refractivity contribution in [3.8, 4) is 5.69 Å². The van der Waals surface area contributed by atoms with Crippen LogP contribution in [0.1, 0.15) is 34.7 Å². The van der Waals surface area contributed by atoms with Crippen LogP contribution in [0.3, 0.4) is 0 Å². The third kappa shape index (κ3) is 3.57. The quantitative estimate of drug-likeness (QED) is 0.723. The van der Waals surface area contributed by atoms with Gasteiger partial charge >= 0.3 is 0 Å². The largest absolute Gasteiger partial charge is 0.344 e. The zero-order chi connectivity index (χ0) is 17.1. The van der Waals surface area contributed by atoms with Gasteiger partial charge in [-0.15, -0.1) is 0 Å². The third-order valence-corrected chi connectivity index (χ3v) is 4.31. The van der Waals surface area contributed by atoms with Crippen molar-refractivity contribution < 1.29 is 4.79 Å². The summed E-state index contributed by atoms with van der Waals surface area (Å²) in [7, 11) is 0. The van der Waals surface area contributed by atoms with Crippen LogP contribution in [-0.2, 0) is 0 Å². The fourth-order valence-corrected chi connectivity index (χ4v) is 2.96. The molecule has 0 spiro atoms. The van der Waals surface area contributed by atoms with Gasteiger partial charge in [0.05, 0.1) is 11.7 Å². The van der Waals surface area contributed by atoms with Crippen LogP contribution in [0.5, 0.6) is 0 Å². The number of carbonyl (C=O) groups is 1. The normalized spacial score (nSPS) is 12.0. The first-order valence-electron chi connectivity index (χ1n) is 7.73. The molecule has 3 rings (SSSR count). The maximum atomic E-state index is 12.5. The Hall–Kier alpha value is -2.40. The zero-order valence-corrected chi connectivity index (χ0v) is 15.1. The molecule has 0 radical (unpaired) electrons. The molecule has 24 heavy (non-hydrogen) atoms. The van der Waals surface area contributed by atoms with Crippen LogP contribution in [-0.4, -0.2) is 15.7 Å². The fourth-order valence-electron chi connectivity index (χ4n) is 2.55. The molecule has 0 fully saturated rings. The van der Waals surface area contributed by atoms with E-state index in [1.165, 1.54) is 0 Å². The van der Waals surface area contributed by atoms with Crippen LogP contribution in [0, 0.1) is 6.92 Å². The number of nitrogens with one attached hydrogen (secondary N) is 1. The van der Waals surface area contributed by atoms with Gasteiger partial charge in [-0.05, 0) is 49.7 Å². The van der Waals surface area contributed by atoms with Gasteiger partial charge in [0.1, 0.15) is 0 Å². The van der Waals surface area contributed by atoms with Crippen molar-refractivity contribution in [3.05, 3.63) is 82.1 Å². The summed E-state index contributed by atoms with van der Waals surface area (Å²) in [6.45, 7) is 3.90. The van der Waals surface area contributed by atoms with Crippen molar-refractivity contribution in [2.45, 2.75) is 19.9 Å². The summed E-state index contributed by atoms with van der Waals surface area (Å²) in [5.74, 6) is -0.180. The van der Waals surface area contributed by atoms with Crippen molar-refractivity contribution >= 4 is 21.8 Å². The van der Waals surface area contributed by atoms with Crippen LogP contribution >= 0.6 is 15.9 Å². The monoisotopic (exact) mass is 383 g/mol. The summed E-state index contributed by atoms with van der Waals surface area (Å²) in [5.41, 5.74) is 3.31. The van der Waals surface area contributed by atoms with Crippen molar-refractivity contribution in [3.63, 3.8) is 0 Å². The van der Waals surface area contributed by atoms with Gasteiger partial charge in [-0.25, -0.2) is 4.68 Å². The zero-order valence-electron chi connectivity index (χ0n) is 13.5. The molecule has 1 unspecified atom stereocenters. The summed E-state index contributed by atoms with van der Waals surface area (Å²) in [4.78, 5) is 12.5. The predicted molar refractivity (Wildman–Crippen MR) is 98.3 cm³/mol. The molecule has 1 aromatic heterocycles. The molecule has 1 heterocycles. The standard InChI is InChI=1S/C19H18BrN3O/c1-13-11-18(22-23(13)17-9-4-3-5-10-17)19(24)21-14(2)15-7-6-8-16(20)12-15/h3-12,14H,1-2H3,(H,21,24). The second-order valence-electron chi connectivity index (χ2n) is 5.67. The van der Waals surface area contributed by atoms with E-state index in [-0.39, 0.29) is 11.9 Å². The molecule has 1 atom stereocenters. The lowest BCUT2D eigenvalue weighted by molar-refractivity contribution is 0.0934. The topological polar surface area (TPSA) is 46.9 Å². The minimum Gasteiger partial charge on any atom is -0.344 e. The summed E-state index contributed by atoms with van der Waals surface area (Å²) in [6.07, 6.45) is 0. The smallest absolute Gasteiger partial charge is 0.272 e. The molecule has 0 aliphatic rings. The summed E-state index contributed by atoms with van der Waals surface area (Å²) < 4.78 is 2.77. The highest BCUT2D eigenvalue weighted by Gasteiger charge is 2.16. The molecular formula is C19H18BrN3O. The maximum Gasteiger partial charge on any atom is 0.272 e. The Morgan fingerprint density at radius 1 is 1.12 bits per heavy atom. The van der Waals surface area contributed by atoms with Crippen molar-refractivity contribution in [1.82, 2.24) is 15.1 Å². The number of benzene rings is 2. The van der Waals surface area contributed by atoms with Gasteiger partial charge in [-0.2, -0.15) is 5.10 Å². The second-order valence-corrected chi connectivity index (χ2v) is 6.58. The number of para-hydroxylation sites is 1. The van der Waals surface area contributed by atoms with Crippen molar-refractivity contribution in [1.29, 1.82) is 0 Å². The number of aromatic nitrogens is 2. The number of hydrogen-bond donors (Lipinski definition) is 1. The molecule has 1 N–H and O–H groups in total. The summed E-state index contributed by atoms with van der Waals surface area (Å²) in [5, 5.41) is 7.44. The van der Waals surface area contributed by atoms with Gasteiger partial charge in [-0.1, -0.05) is 46.3 Å². The molecule has 0 saturated carbocycles. The average Bonchev–Trinajstić information content (AvgIpc) is 2.97. The molecule has 0 saturated heterocycles. The molecule has 0 aliphatic carbocycles. The van der Waals surface area contributed by atoms with Crippen LogP contribution in [0.2, 0.25) is 0 Å². The number of halogens is 1. The molecule has 0 bridgehead atoms. The van der Waals surface area contributed by atoms with Gasteiger partial charge in [0, 0.05) is 10.2 Å². The first kappa shape index (κ1) is 16.5. The number of aryl methyl sites for hydroxylation is 1. The van der Waals surface area contributed by atoms with Crippen molar-refractivity contribution in [2.24, 2.45) is 0 Å². The highest BCUT2D eigenvalue weighted by molar-refractivity contribution is 9.10. The summed E-state index contributed by atoms with van der Waals surface area (Å²) in [6, 6.07) is 19.4. The molecule has 122 valence electrons. The van der Waals surface area contributed by atoms with E-state index < -0.39 is 0 Å². The second kappa shape index (κ2) is 7.01. The lowest BCUT2D eigenvalue weighted by Crippen LogP contribution is -2.27. The van der Waals surface area contributed by atoms with Gasteiger partial charge in [-0.3, -0.25) is 4.79 Å².